The Hall–Kier alpha value is -1.47. The van der Waals surface area contributed by atoms with Gasteiger partial charge in [0.1, 0.15) is 5.76 Å². The fourth-order valence-corrected chi connectivity index (χ4v) is 1.37. The fourth-order valence-electron chi connectivity index (χ4n) is 1.17. The lowest BCUT2D eigenvalue weighted by molar-refractivity contribution is 0.557. The summed E-state index contributed by atoms with van der Waals surface area (Å²) in [6.45, 7) is 0. The molecule has 0 fully saturated rings. The Morgan fingerprint density at radius 3 is 2.71 bits per heavy atom. The summed E-state index contributed by atoms with van der Waals surface area (Å²) in [5, 5.41) is 0.742. The van der Waals surface area contributed by atoms with E-state index in [4.69, 9.17) is 16.0 Å². The lowest BCUT2D eigenvalue weighted by Crippen LogP contribution is -1.70. The van der Waals surface area contributed by atoms with Crippen LogP contribution in [0.5, 0.6) is 0 Å². The van der Waals surface area contributed by atoms with Crippen LogP contribution in [0.1, 0.15) is 11.3 Å². The maximum absolute atomic E-state index is 5.85. The van der Waals surface area contributed by atoms with E-state index in [0.29, 0.717) is 0 Å². The molecular formula is C12H9ClO. The second-order valence-corrected chi connectivity index (χ2v) is 3.34. The van der Waals surface area contributed by atoms with Gasteiger partial charge in [-0.05, 0) is 35.9 Å². The van der Waals surface area contributed by atoms with E-state index in [2.05, 4.69) is 0 Å². The first-order valence-corrected chi connectivity index (χ1v) is 4.69. The molecular weight excluding hydrogens is 196 g/mol. The quantitative estimate of drug-likeness (QED) is 0.718. The summed E-state index contributed by atoms with van der Waals surface area (Å²) in [5.41, 5.74) is 1.06. The zero-order valence-electron chi connectivity index (χ0n) is 7.48. The second-order valence-electron chi connectivity index (χ2n) is 2.90. The van der Waals surface area contributed by atoms with Gasteiger partial charge in [-0.2, -0.15) is 0 Å². The third kappa shape index (κ3) is 2.27. The van der Waals surface area contributed by atoms with Gasteiger partial charge in [0.25, 0.3) is 0 Å². The molecule has 0 spiro atoms. The maximum atomic E-state index is 5.85. The third-order valence-electron chi connectivity index (χ3n) is 1.83. The predicted molar refractivity (Wildman–Crippen MR) is 59.1 cm³/mol. The van der Waals surface area contributed by atoms with Crippen LogP contribution in [0.4, 0.5) is 0 Å². The van der Waals surface area contributed by atoms with Crippen molar-refractivity contribution in [1.82, 2.24) is 0 Å². The van der Waals surface area contributed by atoms with Crippen molar-refractivity contribution in [2.75, 3.05) is 0 Å². The Morgan fingerprint density at radius 1 is 1.07 bits per heavy atom. The fraction of sp³-hybridized carbons (Fsp3) is 0. The highest BCUT2D eigenvalue weighted by Crippen LogP contribution is 2.13. The zero-order valence-corrected chi connectivity index (χ0v) is 8.24. The molecule has 0 atom stereocenters. The molecule has 0 bridgehead atoms. The standard InChI is InChI=1S/C12H9ClO/c13-11-4-1-3-10(9-11)6-7-12-5-2-8-14-12/h1-9H/b7-6+. The molecule has 0 radical (unpaired) electrons. The van der Waals surface area contributed by atoms with E-state index in [-0.39, 0.29) is 0 Å². The van der Waals surface area contributed by atoms with Crippen LogP contribution in [0.2, 0.25) is 5.02 Å². The molecule has 1 nitrogen and oxygen atoms in total. The van der Waals surface area contributed by atoms with Gasteiger partial charge in [0, 0.05) is 5.02 Å². The van der Waals surface area contributed by atoms with Gasteiger partial charge in [-0.15, -0.1) is 0 Å². The Balaban J connectivity index is 2.18. The number of benzene rings is 1. The lowest BCUT2D eigenvalue weighted by Gasteiger charge is -1.92. The summed E-state index contributed by atoms with van der Waals surface area (Å²) in [6.07, 6.45) is 5.52. The van der Waals surface area contributed by atoms with Crippen molar-refractivity contribution >= 4 is 23.8 Å². The monoisotopic (exact) mass is 204 g/mol. The lowest BCUT2D eigenvalue weighted by atomic mass is 10.2. The molecule has 1 heterocycles. The van der Waals surface area contributed by atoms with Crippen molar-refractivity contribution in [2.24, 2.45) is 0 Å². The summed E-state index contributed by atoms with van der Waals surface area (Å²) in [4.78, 5) is 0. The van der Waals surface area contributed by atoms with Crippen molar-refractivity contribution in [2.45, 2.75) is 0 Å². The molecule has 0 saturated heterocycles. The molecule has 0 unspecified atom stereocenters. The van der Waals surface area contributed by atoms with E-state index in [0.717, 1.165) is 16.3 Å². The summed E-state index contributed by atoms with van der Waals surface area (Å²) in [6, 6.07) is 11.4. The van der Waals surface area contributed by atoms with E-state index < -0.39 is 0 Å². The van der Waals surface area contributed by atoms with Crippen LogP contribution in [0.15, 0.2) is 47.1 Å². The molecule has 70 valence electrons. The van der Waals surface area contributed by atoms with Gasteiger partial charge < -0.3 is 4.42 Å². The molecule has 0 amide bonds. The van der Waals surface area contributed by atoms with Crippen LogP contribution in [0, 0.1) is 0 Å². The SMILES string of the molecule is Clc1cccc(/C=C/c2ccco2)c1. The van der Waals surface area contributed by atoms with Crippen LogP contribution in [-0.4, -0.2) is 0 Å². The Morgan fingerprint density at radius 2 is 2.00 bits per heavy atom. The van der Waals surface area contributed by atoms with E-state index in [1.165, 1.54) is 0 Å². The Labute approximate surface area is 87.6 Å². The van der Waals surface area contributed by atoms with Gasteiger partial charge in [-0.1, -0.05) is 29.8 Å². The topological polar surface area (TPSA) is 13.1 Å². The number of hydrogen-bond donors (Lipinski definition) is 0. The van der Waals surface area contributed by atoms with E-state index in [1.54, 1.807) is 6.26 Å². The van der Waals surface area contributed by atoms with E-state index in [9.17, 15) is 0 Å². The molecule has 2 heteroatoms. The molecule has 1 aromatic carbocycles. The van der Waals surface area contributed by atoms with Crippen LogP contribution in [-0.2, 0) is 0 Å². The Bertz CT molecular complexity index is 429. The first-order chi connectivity index (χ1) is 6.84. The van der Waals surface area contributed by atoms with Crippen molar-refractivity contribution in [1.29, 1.82) is 0 Å². The highest BCUT2D eigenvalue weighted by molar-refractivity contribution is 6.30. The first-order valence-electron chi connectivity index (χ1n) is 4.32. The Kier molecular flexibility index (Phi) is 2.70. The van der Waals surface area contributed by atoms with Crippen LogP contribution in [0.3, 0.4) is 0 Å². The summed E-state index contributed by atoms with van der Waals surface area (Å²) >= 11 is 5.85. The van der Waals surface area contributed by atoms with Gasteiger partial charge in [0.2, 0.25) is 0 Å². The average Bonchev–Trinajstić information content (AvgIpc) is 2.67. The molecule has 0 aliphatic carbocycles. The van der Waals surface area contributed by atoms with Crippen molar-refractivity contribution in [3.63, 3.8) is 0 Å². The highest BCUT2D eigenvalue weighted by atomic mass is 35.5. The van der Waals surface area contributed by atoms with Crippen molar-refractivity contribution in [3.8, 4) is 0 Å². The van der Waals surface area contributed by atoms with Crippen LogP contribution in [0.25, 0.3) is 12.2 Å². The minimum atomic E-state index is 0.742. The van der Waals surface area contributed by atoms with Gasteiger partial charge in [0.05, 0.1) is 6.26 Å². The van der Waals surface area contributed by atoms with Crippen LogP contribution >= 0.6 is 11.6 Å². The third-order valence-corrected chi connectivity index (χ3v) is 2.07. The largest absolute Gasteiger partial charge is 0.465 e. The molecule has 0 aliphatic heterocycles. The molecule has 2 aromatic rings. The summed E-state index contributed by atoms with van der Waals surface area (Å²) in [5.74, 6) is 0.838. The minimum Gasteiger partial charge on any atom is -0.465 e. The highest BCUT2D eigenvalue weighted by Gasteiger charge is 1.90. The van der Waals surface area contributed by atoms with Gasteiger partial charge in [-0.25, -0.2) is 0 Å². The van der Waals surface area contributed by atoms with Gasteiger partial charge in [-0.3, -0.25) is 0 Å². The number of hydrogen-bond acceptors (Lipinski definition) is 1. The molecule has 0 saturated carbocycles. The van der Waals surface area contributed by atoms with E-state index in [1.807, 2.05) is 48.6 Å². The van der Waals surface area contributed by atoms with E-state index >= 15 is 0 Å². The molecule has 0 N–H and O–H groups in total. The average molecular weight is 205 g/mol. The second kappa shape index (κ2) is 4.16. The van der Waals surface area contributed by atoms with Crippen LogP contribution < -0.4 is 0 Å². The summed E-state index contributed by atoms with van der Waals surface area (Å²) in [7, 11) is 0. The molecule has 1 aromatic heterocycles. The number of furan rings is 1. The van der Waals surface area contributed by atoms with Crippen molar-refractivity contribution < 1.29 is 4.42 Å². The minimum absolute atomic E-state index is 0.742. The molecule has 0 aliphatic rings. The predicted octanol–water partition coefficient (Wildman–Crippen LogP) is 4.10. The molecule has 14 heavy (non-hydrogen) atoms. The maximum Gasteiger partial charge on any atom is 0.126 e. The number of rotatable bonds is 2. The van der Waals surface area contributed by atoms with Crippen molar-refractivity contribution in [3.05, 3.63) is 59.0 Å². The van der Waals surface area contributed by atoms with Gasteiger partial charge in [0.15, 0.2) is 0 Å². The number of halogens is 1. The zero-order chi connectivity index (χ0) is 9.80. The molecule has 2 rings (SSSR count). The first kappa shape index (κ1) is 9.10. The smallest absolute Gasteiger partial charge is 0.126 e. The van der Waals surface area contributed by atoms with Gasteiger partial charge >= 0.3 is 0 Å². The normalized spacial score (nSPS) is 10.9. The summed E-state index contributed by atoms with van der Waals surface area (Å²) < 4.78 is 5.17.